The minimum absolute atomic E-state index is 0.137. The van der Waals surface area contributed by atoms with E-state index in [0.29, 0.717) is 42.1 Å². The molecule has 2 aromatic carbocycles. The molecule has 1 heterocycles. The molecule has 0 spiro atoms. The first-order valence-electron chi connectivity index (χ1n) is 9.11. The number of carbonyl (C=O) groups is 1. The van der Waals surface area contributed by atoms with Gasteiger partial charge in [-0.15, -0.1) is 0 Å². The maximum atomic E-state index is 12.4. The van der Waals surface area contributed by atoms with Gasteiger partial charge in [0.25, 0.3) is 5.91 Å². The second kappa shape index (κ2) is 9.73. The molecule has 3 rings (SSSR count). The van der Waals surface area contributed by atoms with E-state index >= 15 is 0 Å². The quantitative estimate of drug-likeness (QED) is 0.384. The molecule has 29 heavy (non-hydrogen) atoms. The molecule has 1 saturated heterocycles. The van der Waals surface area contributed by atoms with E-state index in [9.17, 15) is 4.79 Å². The van der Waals surface area contributed by atoms with Crippen molar-refractivity contribution >= 4 is 61.2 Å². The zero-order valence-electron chi connectivity index (χ0n) is 16.0. The predicted octanol–water partition coefficient (Wildman–Crippen LogP) is 5.27. The monoisotopic (exact) mass is 538 g/mol. The van der Waals surface area contributed by atoms with Gasteiger partial charge in [0.05, 0.1) is 11.1 Å². The average Bonchev–Trinajstić information content (AvgIpc) is 2.95. The van der Waals surface area contributed by atoms with Crippen LogP contribution in [0.4, 0.5) is 0 Å². The van der Waals surface area contributed by atoms with E-state index in [4.69, 9.17) is 21.7 Å². The Morgan fingerprint density at radius 2 is 1.86 bits per heavy atom. The maximum absolute atomic E-state index is 12.4. The molecule has 1 aliphatic heterocycles. The first-order chi connectivity index (χ1) is 13.9. The molecule has 1 aliphatic rings. The van der Waals surface area contributed by atoms with Crippen LogP contribution >= 0.6 is 44.1 Å². The van der Waals surface area contributed by atoms with Crippen LogP contribution in [0.5, 0.6) is 11.5 Å². The first-order valence-corrected chi connectivity index (χ1v) is 11.1. The van der Waals surface area contributed by atoms with E-state index in [2.05, 4.69) is 37.2 Å². The normalized spacial score (nSPS) is 15.0. The summed E-state index contributed by atoms with van der Waals surface area (Å²) in [6.07, 6.45) is 1.76. The third kappa shape index (κ3) is 5.18. The number of hydrogen-bond acceptors (Lipinski definition) is 4. The number of ether oxygens (including phenoxy) is 2. The molecule has 8 heteroatoms. The maximum Gasteiger partial charge on any atom is 0.276 e. The number of rotatable bonds is 7. The topological polar surface area (TPSA) is 50.8 Å². The lowest BCUT2D eigenvalue weighted by Crippen LogP contribution is -2.30. The Hall–Kier alpha value is -1.90. The van der Waals surface area contributed by atoms with Crippen LogP contribution in [0.1, 0.15) is 25.0 Å². The SMILES string of the molecule is CCOc1cc(/C=C2\NC(=S)N(CC)C2=O)cc(Br)c1OCc1ccc(Br)cc1. The lowest BCUT2D eigenvalue weighted by molar-refractivity contribution is -0.122. The minimum atomic E-state index is -0.137. The molecule has 1 N–H and O–H groups in total. The van der Waals surface area contributed by atoms with E-state index in [1.807, 2.05) is 50.2 Å². The number of amides is 1. The molecule has 1 fully saturated rings. The molecule has 0 saturated carbocycles. The third-order valence-corrected chi connectivity index (χ3v) is 5.66. The van der Waals surface area contributed by atoms with Crippen LogP contribution in [0.3, 0.4) is 0 Å². The van der Waals surface area contributed by atoms with Gasteiger partial charge in [-0.2, -0.15) is 0 Å². The van der Waals surface area contributed by atoms with Crippen molar-refractivity contribution in [1.82, 2.24) is 10.2 Å². The van der Waals surface area contributed by atoms with Gasteiger partial charge < -0.3 is 14.8 Å². The van der Waals surface area contributed by atoms with Crippen molar-refractivity contribution in [2.45, 2.75) is 20.5 Å². The molecule has 0 aliphatic carbocycles. The molecule has 0 atom stereocenters. The summed E-state index contributed by atoms with van der Waals surface area (Å²) in [5.41, 5.74) is 2.28. The number of carbonyl (C=O) groups excluding carboxylic acids is 1. The lowest BCUT2D eigenvalue weighted by atomic mass is 10.1. The highest BCUT2D eigenvalue weighted by atomic mass is 79.9. The molecular formula is C21H20Br2N2O3S. The minimum Gasteiger partial charge on any atom is -0.490 e. The van der Waals surface area contributed by atoms with E-state index in [1.54, 1.807) is 6.08 Å². The van der Waals surface area contributed by atoms with E-state index in [-0.39, 0.29) is 5.91 Å². The smallest absolute Gasteiger partial charge is 0.276 e. The number of likely N-dealkylation sites (N-methyl/N-ethyl adjacent to an activating group) is 1. The van der Waals surface area contributed by atoms with Gasteiger partial charge in [0.1, 0.15) is 12.3 Å². The summed E-state index contributed by atoms with van der Waals surface area (Å²) in [5.74, 6) is 1.08. The number of benzene rings is 2. The summed E-state index contributed by atoms with van der Waals surface area (Å²) >= 11 is 12.2. The van der Waals surface area contributed by atoms with Crippen molar-refractivity contribution in [3.8, 4) is 11.5 Å². The fraction of sp³-hybridized carbons (Fsp3) is 0.238. The van der Waals surface area contributed by atoms with Crippen LogP contribution in [0.25, 0.3) is 6.08 Å². The standard InChI is InChI=1S/C21H20Br2N2O3S/c1-3-25-20(26)17(24-21(25)29)10-14-9-16(23)19(18(11-14)27-4-2)28-12-13-5-7-15(22)8-6-13/h5-11H,3-4,12H2,1-2H3,(H,24,29)/b17-10-. The van der Waals surface area contributed by atoms with Crippen LogP contribution in [-0.4, -0.2) is 29.1 Å². The molecule has 0 bridgehead atoms. The van der Waals surface area contributed by atoms with E-state index in [1.165, 1.54) is 4.90 Å². The van der Waals surface area contributed by atoms with Gasteiger partial charge in [-0.1, -0.05) is 28.1 Å². The van der Waals surface area contributed by atoms with Crippen molar-refractivity contribution in [3.63, 3.8) is 0 Å². The second-order valence-electron chi connectivity index (χ2n) is 6.22. The Bertz CT molecular complexity index is 961. The Labute approximate surface area is 192 Å². The molecule has 0 aromatic heterocycles. The number of halogens is 2. The van der Waals surface area contributed by atoms with Gasteiger partial charge in [-0.3, -0.25) is 9.69 Å². The summed E-state index contributed by atoms with van der Waals surface area (Å²) in [6.45, 7) is 5.23. The van der Waals surface area contributed by atoms with Crippen molar-refractivity contribution in [1.29, 1.82) is 0 Å². The molecule has 152 valence electrons. The van der Waals surface area contributed by atoms with Gasteiger partial charge in [0.2, 0.25) is 0 Å². The van der Waals surface area contributed by atoms with Crippen LogP contribution in [-0.2, 0) is 11.4 Å². The Morgan fingerprint density at radius 3 is 2.48 bits per heavy atom. The van der Waals surface area contributed by atoms with Gasteiger partial charge in [0.15, 0.2) is 16.6 Å². The van der Waals surface area contributed by atoms with Gasteiger partial charge in [0, 0.05) is 11.0 Å². The summed E-state index contributed by atoms with van der Waals surface area (Å²) in [7, 11) is 0. The van der Waals surface area contributed by atoms with Crippen LogP contribution in [0.2, 0.25) is 0 Å². The van der Waals surface area contributed by atoms with Crippen molar-refractivity contribution in [2.24, 2.45) is 0 Å². The van der Waals surface area contributed by atoms with E-state index < -0.39 is 0 Å². The van der Waals surface area contributed by atoms with Gasteiger partial charge >= 0.3 is 0 Å². The second-order valence-corrected chi connectivity index (χ2v) is 8.37. The van der Waals surface area contributed by atoms with Crippen LogP contribution < -0.4 is 14.8 Å². The summed E-state index contributed by atoms with van der Waals surface area (Å²) in [5, 5.41) is 3.39. The Balaban J connectivity index is 1.86. The largest absolute Gasteiger partial charge is 0.490 e. The Morgan fingerprint density at radius 1 is 1.14 bits per heavy atom. The molecule has 0 radical (unpaired) electrons. The van der Waals surface area contributed by atoms with Crippen LogP contribution in [0, 0.1) is 0 Å². The zero-order valence-corrected chi connectivity index (χ0v) is 20.0. The number of nitrogens with one attached hydrogen (secondary N) is 1. The molecular weight excluding hydrogens is 520 g/mol. The van der Waals surface area contributed by atoms with Crippen molar-refractivity contribution in [3.05, 3.63) is 62.2 Å². The first kappa shape index (κ1) is 21.8. The fourth-order valence-electron chi connectivity index (χ4n) is 2.84. The van der Waals surface area contributed by atoms with E-state index in [0.717, 1.165) is 20.1 Å². The van der Waals surface area contributed by atoms with Gasteiger partial charge in [-0.25, -0.2) is 0 Å². The number of hydrogen-bond donors (Lipinski definition) is 1. The highest BCUT2D eigenvalue weighted by Gasteiger charge is 2.29. The zero-order chi connectivity index (χ0) is 21.0. The van der Waals surface area contributed by atoms with Gasteiger partial charge in [-0.05, 0) is 83.5 Å². The number of thiocarbonyl (C=S) groups is 1. The number of nitrogens with zero attached hydrogens (tertiary/aromatic N) is 1. The highest BCUT2D eigenvalue weighted by Crippen LogP contribution is 2.38. The van der Waals surface area contributed by atoms with Crippen LogP contribution in [0.15, 0.2) is 51.0 Å². The average molecular weight is 540 g/mol. The summed E-state index contributed by atoms with van der Waals surface area (Å²) in [6, 6.07) is 11.7. The van der Waals surface area contributed by atoms with Crippen molar-refractivity contribution < 1.29 is 14.3 Å². The fourth-order valence-corrected chi connectivity index (χ4v) is 4.00. The van der Waals surface area contributed by atoms with Crippen molar-refractivity contribution in [2.75, 3.05) is 13.2 Å². The molecule has 0 unspecified atom stereocenters. The third-order valence-electron chi connectivity index (χ3n) is 4.22. The summed E-state index contributed by atoms with van der Waals surface area (Å²) in [4.78, 5) is 14.0. The molecule has 2 aromatic rings. The summed E-state index contributed by atoms with van der Waals surface area (Å²) < 4.78 is 13.6. The predicted molar refractivity (Wildman–Crippen MR) is 125 cm³/mol. The highest BCUT2D eigenvalue weighted by molar-refractivity contribution is 9.10. The Kier molecular flexibility index (Phi) is 7.32. The lowest BCUT2D eigenvalue weighted by Gasteiger charge is -2.15. The molecule has 1 amide bonds. The molecule has 5 nitrogen and oxygen atoms in total.